The number of carbonyl (C=O) groups is 3. The number of rotatable bonds is 4. The highest BCUT2D eigenvalue weighted by atomic mass is 35.5. The first-order valence-corrected chi connectivity index (χ1v) is 13.4. The molecule has 0 amide bonds. The third kappa shape index (κ3) is 3.23. The number of ketones is 3. The Bertz CT molecular complexity index is 1690. The molecule has 0 aromatic heterocycles. The molecule has 4 aromatic carbocycles. The van der Waals surface area contributed by atoms with Crippen LogP contribution in [-0.4, -0.2) is 41.7 Å². The van der Waals surface area contributed by atoms with E-state index >= 15 is 0 Å². The van der Waals surface area contributed by atoms with Crippen LogP contribution in [0.15, 0.2) is 102 Å². The number of hydrazone groups is 1. The van der Waals surface area contributed by atoms with Crippen molar-refractivity contribution in [2.24, 2.45) is 10.5 Å². The van der Waals surface area contributed by atoms with E-state index in [1.165, 1.54) is 0 Å². The number of methoxy groups -OCH3 is 1. The zero-order chi connectivity index (χ0) is 27.6. The number of fused-ring (bicyclic) bond motifs is 5. The van der Waals surface area contributed by atoms with Crippen LogP contribution in [0.2, 0.25) is 5.02 Å². The van der Waals surface area contributed by atoms with Crippen molar-refractivity contribution in [3.63, 3.8) is 0 Å². The van der Waals surface area contributed by atoms with Crippen molar-refractivity contribution in [1.29, 1.82) is 0 Å². The zero-order valence-corrected chi connectivity index (χ0v) is 22.2. The second-order valence-electron chi connectivity index (χ2n) is 10.3. The van der Waals surface area contributed by atoms with Crippen molar-refractivity contribution >= 4 is 35.2 Å². The van der Waals surface area contributed by atoms with Crippen molar-refractivity contribution in [3.8, 4) is 5.75 Å². The van der Waals surface area contributed by atoms with Gasteiger partial charge in [-0.1, -0.05) is 72.3 Å². The van der Waals surface area contributed by atoms with E-state index in [-0.39, 0.29) is 17.3 Å². The first-order valence-electron chi connectivity index (χ1n) is 13.0. The summed E-state index contributed by atoms with van der Waals surface area (Å²) in [7, 11) is 1.57. The van der Waals surface area contributed by atoms with E-state index in [0.29, 0.717) is 33.0 Å². The van der Waals surface area contributed by atoms with Crippen molar-refractivity contribution in [3.05, 3.63) is 135 Å². The lowest BCUT2D eigenvalue weighted by Gasteiger charge is -2.36. The van der Waals surface area contributed by atoms with Gasteiger partial charge >= 0.3 is 0 Å². The van der Waals surface area contributed by atoms with Crippen LogP contribution < -0.4 is 4.74 Å². The second kappa shape index (κ2) is 9.00. The molecule has 0 bridgehead atoms. The zero-order valence-electron chi connectivity index (χ0n) is 21.5. The molecular weight excluding hydrogens is 524 g/mol. The van der Waals surface area contributed by atoms with Crippen LogP contribution in [0.4, 0.5) is 0 Å². The molecule has 40 heavy (non-hydrogen) atoms. The average molecular weight is 547 g/mol. The molecule has 6 nitrogen and oxygen atoms in total. The molecule has 2 heterocycles. The third-order valence-corrected chi connectivity index (χ3v) is 8.70. The third-order valence-electron chi connectivity index (χ3n) is 8.45. The van der Waals surface area contributed by atoms with Gasteiger partial charge in [-0.25, -0.2) is 0 Å². The van der Waals surface area contributed by atoms with Gasteiger partial charge in [0.2, 0.25) is 0 Å². The Morgan fingerprint density at radius 1 is 0.850 bits per heavy atom. The van der Waals surface area contributed by atoms with Gasteiger partial charge in [0, 0.05) is 27.6 Å². The van der Waals surface area contributed by atoms with E-state index in [1.807, 2.05) is 36.4 Å². The lowest BCUT2D eigenvalue weighted by atomic mass is 9.63. The van der Waals surface area contributed by atoms with Crippen LogP contribution in [0.3, 0.4) is 0 Å². The highest BCUT2D eigenvalue weighted by Crippen LogP contribution is 2.64. The van der Waals surface area contributed by atoms with E-state index in [9.17, 15) is 14.4 Å². The van der Waals surface area contributed by atoms with Crippen LogP contribution in [0.25, 0.3) is 0 Å². The molecule has 3 aliphatic rings. The largest absolute Gasteiger partial charge is 0.497 e. The summed E-state index contributed by atoms with van der Waals surface area (Å²) in [5.41, 5.74) is 1.84. The van der Waals surface area contributed by atoms with Gasteiger partial charge in [0.25, 0.3) is 0 Å². The number of ether oxygens (including phenoxy) is 1. The standard InChI is InChI=1S/C33H23ClN2O4/c1-40-23-16-12-19(13-17-23)27-28(29(37)20-10-14-22(34)15-11-20)36-30(24-7-3-2-6-21(24)18-35-36)33(27)31(38)25-8-4-5-9-26(25)32(33)39/h2-18,27-28,30H,1H3/t27-,28+,30+/m0/s1. The summed E-state index contributed by atoms with van der Waals surface area (Å²) in [4.78, 5) is 43.9. The van der Waals surface area contributed by atoms with Crippen molar-refractivity contribution in [1.82, 2.24) is 5.01 Å². The molecule has 1 fully saturated rings. The lowest BCUT2D eigenvalue weighted by Crippen LogP contribution is -2.43. The summed E-state index contributed by atoms with van der Waals surface area (Å²) in [6.07, 6.45) is 1.70. The molecule has 1 spiro atoms. The number of nitrogens with zero attached hydrogens (tertiary/aromatic N) is 2. The predicted octanol–water partition coefficient (Wildman–Crippen LogP) is 6.15. The fourth-order valence-electron chi connectivity index (χ4n) is 6.75. The lowest BCUT2D eigenvalue weighted by molar-refractivity contribution is 0.0586. The Hall–Kier alpha value is -4.55. The van der Waals surface area contributed by atoms with Gasteiger partial charge in [-0.2, -0.15) is 5.10 Å². The molecule has 1 aliphatic carbocycles. The van der Waals surface area contributed by atoms with Crippen molar-refractivity contribution in [2.45, 2.75) is 18.0 Å². The van der Waals surface area contributed by atoms with Gasteiger partial charge in [0.05, 0.1) is 19.4 Å². The molecule has 3 atom stereocenters. The van der Waals surface area contributed by atoms with Gasteiger partial charge in [0.15, 0.2) is 17.3 Å². The Labute approximate surface area is 235 Å². The molecule has 196 valence electrons. The molecule has 4 aromatic rings. The summed E-state index contributed by atoms with van der Waals surface area (Å²) in [6.45, 7) is 0. The number of Topliss-reactive ketones (excluding diaryl/α,β-unsaturated/α-hetero) is 3. The van der Waals surface area contributed by atoms with Crippen molar-refractivity contribution in [2.75, 3.05) is 7.11 Å². The number of halogens is 1. The van der Waals surface area contributed by atoms with Gasteiger partial charge in [-0.05, 0) is 53.1 Å². The maximum atomic E-state index is 14.7. The molecule has 0 saturated carbocycles. The van der Waals surface area contributed by atoms with Crippen LogP contribution in [0.5, 0.6) is 5.75 Å². The molecule has 2 aliphatic heterocycles. The van der Waals surface area contributed by atoms with Crippen LogP contribution in [0, 0.1) is 5.41 Å². The van der Waals surface area contributed by atoms with Crippen molar-refractivity contribution < 1.29 is 19.1 Å². The molecular formula is C33H23ClN2O4. The Morgan fingerprint density at radius 2 is 1.48 bits per heavy atom. The van der Waals surface area contributed by atoms with E-state index in [2.05, 4.69) is 0 Å². The first-order chi connectivity index (χ1) is 19.5. The Morgan fingerprint density at radius 3 is 2.12 bits per heavy atom. The normalized spacial score (nSPS) is 21.8. The summed E-state index contributed by atoms with van der Waals surface area (Å²) in [5, 5.41) is 6.97. The van der Waals surface area contributed by atoms with Crippen LogP contribution in [-0.2, 0) is 0 Å². The second-order valence-corrected chi connectivity index (χ2v) is 10.7. The molecule has 7 rings (SSSR count). The minimum atomic E-state index is -1.61. The van der Waals surface area contributed by atoms with Crippen LogP contribution in [0.1, 0.15) is 59.7 Å². The minimum Gasteiger partial charge on any atom is -0.497 e. The predicted molar refractivity (Wildman–Crippen MR) is 151 cm³/mol. The molecule has 7 heteroatoms. The highest BCUT2D eigenvalue weighted by molar-refractivity contribution is 6.32. The molecule has 0 unspecified atom stereocenters. The topological polar surface area (TPSA) is 76.0 Å². The SMILES string of the molecule is COc1ccc([C@H]2[C@H](C(=O)c3ccc(Cl)cc3)N3N=Cc4ccccc4[C@@H]3C23C(=O)c2ccccc2C3=O)cc1. The van der Waals surface area contributed by atoms with E-state index < -0.39 is 23.4 Å². The average Bonchev–Trinajstić information content (AvgIpc) is 3.43. The Balaban J connectivity index is 1.54. The summed E-state index contributed by atoms with van der Waals surface area (Å²) in [6, 6.07) is 26.8. The maximum Gasteiger partial charge on any atom is 0.187 e. The molecule has 0 N–H and O–H groups in total. The first kappa shape index (κ1) is 24.5. The minimum absolute atomic E-state index is 0.243. The maximum absolute atomic E-state index is 14.7. The monoisotopic (exact) mass is 546 g/mol. The van der Waals surface area contributed by atoms with Gasteiger partial charge < -0.3 is 4.74 Å². The fourth-order valence-corrected chi connectivity index (χ4v) is 6.87. The van der Waals surface area contributed by atoms with E-state index in [4.69, 9.17) is 21.4 Å². The van der Waals surface area contributed by atoms with Gasteiger partial charge in [-0.15, -0.1) is 0 Å². The van der Waals surface area contributed by atoms with Gasteiger partial charge in [-0.3, -0.25) is 19.4 Å². The van der Waals surface area contributed by atoms with Crippen LogP contribution >= 0.6 is 11.6 Å². The van der Waals surface area contributed by atoms with E-state index in [0.717, 1.165) is 11.1 Å². The fraction of sp³-hybridized carbons (Fsp3) is 0.152. The molecule has 1 saturated heterocycles. The highest BCUT2D eigenvalue weighted by Gasteiger charge is 2.72. The number of hydrogen-bond acceptors (Lipinski definition) is 6. The van der Waals surface area contributed by atoms with E-state index in [1.54, 1.807) is 79.0 Å². The number of benzene rings is 4. The number of carbonyl (C=O) groups excluding carboxylic acids is 3. The van der Waals surface area contributed by atoms with Gasteiger partial charge in [0.1, 0.15) is 17.2 Å². The summed E-state index contributed by atoms with van der Waals surface area (Å²) in [5.74, 6) is -1.02. The molecule has 0 radical (unpaired) electrons. The number of hydrogen-bond donors (Lipinski definition) is 0. The summed E-state index contributed by atoms with van der Waals surface area (Å²) < 4.78 is 5.39. The quantitative estimate of drug-likeness (QED) is 0.226. The Kier molecular flexibility index (Phi) is 5.51. The summed E-state index contributed by atoms with van der Waals surface area (Å²) >= 11 is 6.14. The smallest absolute Gasteiger partial charge is 0.187 e.